The monoisotopic (exact) mass is 354 g/mol. The van der Waals surface area contributed by atoms with E-state index in [-0.39, 0.29) is 11.9 Å². The van der Waals surface area contributed by atoms with Gasteiger partial charge in [-0.1, -0.05) is 67.1 Å². The zero-order valence-electron chi connectivity index (χ0n) is 15.3. The standard InChI is InChI=1S/C22H27O2P/c1-22(2,3)24-21(23)19-15-10-16-20(19)25(17-11-6-4-7-12-17)18-13-8-5-9-14-18/h4-9,11-14,19-20H,10,15-16H2,1-3H3/t19-,20-/m1/s1. The van der Waals surface area contributed by atoms with Gasteiger partial charge in [-0.05, 0) is 52.1 Å². The van der Waals surface area contributed by atoms with Crippen LogP contribution in [0.5, 0.6) is 0 Å². The van der Waals surface area contributed by atoms with E-state index in [1.807, 2.05) is 20.8 Å². The molecule has 1 aliphatic rings. The molecule has 0 unspecified atom stereocenters. The molecule has 25 heavy (non-hydrogen) atoms. The van der Waals surface area contributed by atoms with Crippen LogP contribution in [0.3, 0.4) is 0 Å². The van der Waals surface area contributed by atoms with Crippen LogP contribution in [-0.2, 0) is 9.53 Å². The van der Waals surface area contributed by atoms with Gasteiger partial charge in [0.2, 0.25) is 0 Å². The third-order valence-corrected chi connectivity index (χ3v) is 7.58. The van der Waals surface area contributed by atoms with E-state index in [9.17, 15) is 4.79 Å². The molecule has 132 valence electrons. The van der Waals surface area contributed by atoms with Gasteiger partial charge in [0.05, 0.1) is 5.92 Å². The van der Waals surface area contributed by atoms with Gasteiger partial charge in [-0.15, -0.1) is 0 Å². The molecule has 0 saturated heterocycles. The molecule has 0 radical (unpaired) electrons. The Bertz CT molecular complexity index is 651. The Kier molecular flexibility index (Phi) is 5.59. The Morgan fingerprint density at radius 3 is 1.92 bits per heavy atom. The molecule has 0 aliphatic heterocycles. The molecule has 0 heterocycles. The van der Waals surface area contributed by atoms with Crippen molar-refractivity contribution in [1.82, 2.24) is 0 Å². The predicted molar refractivity (Wildman–Crippen MR) is 106 cm³/mol. The van der Waals surface area contributed by atoms with Crippen LogP contribution in [-0.4, -0.2) is 17.2 Å². The summed E-state index contributed by atoms with van der Waals surface area (Å²) in [6, 6.07) is 21.4. The highest BCUT2D eigenvalue weighted by molar-refractivity contribution is 7.73. The molecular formula is C22H27O2P. The number of carbonyl (C=O) groups excluding carboxylic acids is 1. The largest absolute Gasteiger partial charge is 0.460 e. The number of ether oxygens (including phenoxy) is 1. The summed E-state index contributed by atoms with van der Waals surface area (Å²) in [5, 5.41) is 2.70. The molecule has 2 aromatic rings. The molecule has 2 atom stereocenters. The molecule has 0 spiro atoms. The van der Waals surface area contributed by atoms with Gasteiger partial charge in [0.1, 0.15) is 5.60 Å². The summed E-state index contributed by atoms with van der Waals surface area (Å²) in [6.45, 7) is 5.85. The van der Waals surface area contributed by atoms with E-state index in [1.54, 1.807) is 0 Å². The minimum Gasteiger partial charge on any atom is -0.460 e. The first-order chi connectivity index (χ1) is 12.0. The molecule has 3 heteroatoms. The molecule has 1 fully saturated rings. The maximum atomic E-state index is 12.8. The number of rotatable bonds is 4. The lowest BCUT2D eigenvalue weighted by atomic mass is 10.1. The first kappa shape index (κ1) is 18.1. The van der Waals surface area contributed by atoms with Gasteiger partial charge in [-0.2, -0.15) is 0 Å². The molecule has 3 rings (SSSR count). The van der Waals surface area contributed by atoms with E-state index in [4.69, 9.17) is 4.74 Å². The van der Waals surface area contributed by atoms with Gasteiger partial charge >= 0.3 is 5.97 Å². The summed E-state index contributed by atoms with van der Waals surface area (Å²) in [6.07, 6.45) is 3.14. The average molecular weight is 354 g/mol. The highest BCUT2D eigenvalue weighted by atomic mass is 31.1. The minimum atomic E-state index is -0.566. The van der Waals surface area contributed by atoms with E-state index in [0.29, 0.717) is 5.66 Å². The van der Waals surface area contributed by atoms with Crippen molar-refractivity contribution in [2.24, 2.45) is 5.92 Å². The van der Waals surface area contributed by atoms with Crippen LogP contribution >= 0.6 is 7.92 Å². The van der Waals surface area contributed by atoms with Crippen LogP contribution in [0.2, 0.25) is 0 Å². The molecule has 2 aromatic carbocycles. The van der Waals surface area contributed by atoms with Crippen molar-refractivity contribution < 1.29 is 9.53 Å². The van der Waals surface area contributed by atoms with Gasteiger partial charge in [0.15, 0.2) is 0 Å². The van der Waals surface area contributed by atoms with E-state index in [0.717, 1.165) is 19.3 Å². The van der Waals surface area contributed by atoms with E-state index >= 15 is 0 Å². The van der Waals surface area contributed by atoms with Crippen LogP contribution in [0.25, 0.3) is 0 Å². The Labute approximate surface area is 152 Å². The van der Waals surface area contributed by atoms with Crippen molar-refractivity contribution in [3.05, 3.63) is 60.7 Å². The highest BCUT2D eigenvalue weighted by Gasteiger charge is 2.41. The van der Waals surface area contributed by atoms with Gasteiger partial charge in [0, 0.05) is 5.66 Å². The molecule has 1 aliphatic carbocycles. The summed E-state index contributed by atoms with van der Waals surface area (Å²) in [5.74, 6) is -0.0138. The van der Waals surface area contributed by atoms with E-state index in [1.165, 1.54) is 10.6 Å². The van der Waals surface area contributed by atoms with Gasteiger partial charge in [-0.3, -0.25) is 4.79 Å². The number of carbonyl (C=O) groups is 1. The molecular weight excluding hydrogens is 327 g/mol. The maximum absolute atomic E-state index is 12.8. The van der Waals surface area contributed by atoms with Crippen LogP contribution in [0.4, 0.5) is 0 Å². The number of hydrogen-bond donors (Lipinski definition) is 0. The Balaban J connectivity index is 1.94. The lowest BCUT2D eigenvalue weighted by Gasteiger charge is -2.31. The fourth-order valence-electron chi connectivity index (χ4n) is 3.61. The second-order valence-corrected chi connectivity index (χ2v) is 10.1. The average Bonchev–Trinajstić information content (AvgIpc) is 3.05. The van der Waals surface area contributed by atoms with E-state index in [2.05, 4.69) is 60.7 Å². The first-order valence-corrected chi connectivity index (χ1v) is 10.5. The quantitative estimate of drug-likeness (QED) is 0.591. The van der Waals surface area contributed by atoms with Crippen LogP contribution in [0, 0.1) is 5.92 Å². The molecule has 0 bridgehead atoms. The smallest absolute Gasteiger partial charge is 0.310 e. The Morgan fingerprint density at radius 1 is 0.920 bits per heavy atom. The summed E-state index contributed by atoms with van der Waals surface area (Å²) >= 11 is 0. The lowest BCUT2D eigenvalue weighted by molar-refractivity contribution is -0.159. The molecule has 0 aromatic heterocycles. The van der Waals surface area contributed by atoms with Gasteiger partial charge in [-0.25, -0.2) is 0 Å². The van der Waals surface area contributed by atoms with Crippen molar-refractivity contribution in [2.45, 2.75) is 51.3 Å². The molecule has 0 amide bonds. The zero-order valence-corrected chi connectivity index (χ0v) is 16.2. The summed E-state index contributed by atoms with van der Waals surface area (Å²) in [7, 11) is -0.566. The van der Waals surface area contributed by atoms with Crippen molar-refractivity contribution in [1.29, 1.82) is 0 Å². The fraction of sp³-hybridized carbons (Fsp3) is 0.409. The second kappa shape index (κ2) is 7.70. The topological polar surface area (TPSA) is 26.3 Å². The lowest BCUT2D eigenvalue weighted by Crippen LogP contribution is -2.34. The van der Waals surface area contributed by atoms with Crippen LogP contribution in [0.15, 0.2) is 60.7 Å². The third-order valence-electron chi connectivity index (χ3n) is 4.59. The third kappa shape index (κ3) is 4.50. The minimum absolute atomic E-state index is 0.00532. The molecule has 0 N–H and O–H groups in total. The number of benzene rings is 2. The van der Waals surface area contributed by atoms with Crippen LogP contribution < -0.4 is 10.6 Å². The van der Waals surface area contributed by atoms with E-state index < -0.39 is 13.5 Å². The maximum Gasteiger partial charge on any atom is 0.310 e. The fourth-order valence-corrected chi connectivity index (χ4v) is 6.73. The highest BCUT2D eigenvalue weighted by Crippen LogP contribution is 2.50. The van der Waals surface area contributed by atoms with Crippen molar-refractivity contribution >= 4 is 24.5 Å². The molecule has 1 saturated carbocycles. The van der Waals surface area contributed by atoms with Crippen molar-refractivity contribution in [3.63, 3.8) is 0 Å². The first-order valence-electron chi connectivity index (χ1n) is 9.08. The van der Waals surface area contributed by atoms with Gasteiger partial charge < -0.3 is 4.74 Å². The second-order valence-electron chi connectivity index (χ2n) is 7.68. The normalized spacial score (nSPS) is 20.6. The Hall–Kier alpha value is -1.66. The summed E-state index contributed by atoms with van der Waals surface area (Å²) in [4.78, 5) is 12.8. The van der Waals surface area contributed by atoms with Crippen molar-refractivity contribution in [3.8, 4) is 0 Å². The Morgan fingerprint density at radius 2 is 1.44 bits per heavy atom. The molecule has 2 nitrogen and oxygen atoms in total. The van der Waals surface area contributed by atoms with Crippen LogP contribution in [0.1, 0.15) is 40.0 Å². The summed E-state index contributed by atoms with van der Waals surface area (Å²) in [5.41, 5.74) is -0.0680. The van der Waals surface area contributed by atoms with Gasteiger partial charge in [0.25, 0.3) is 0 Å². The van der Waals surface area contributed by atoms with Crippen molar-refractivity contribution in [2.75, 3.05) is 0 Å². The predicted octanol–water partition coefficient (Wildman–Crippen LogP) is 4.63. The SMILES string of the molecule is CC(C)(C)OC(=O)[C@@H]1CCC[C@H]1P(c1ccccc1)c1ccccc1. The summed E-state index contributed by atoms with van der Waals surface area (Å²) < 4.78 is 5.75. The number of hydrogen-bond acceptors (Lipinski definition) is 2. The zero-order chi connectivity index (χ0) is 17.9. The number of esters is 1.